The van der Waals surface area contributed by atoms with Crippen LogP contribution in [0.3, 0.4) is 0 Å². The third-order valence-corrected chi connectivity index (χ3v) is 4.02. The van der Waals surface area contributed by atoms with Crippen LogP contribution in [0.25, 0.3) is 0 Å². The summed E-state index contributed by atoms with van der Waals surface area (Å²) in [7, 11) is 0. The van der Waals surface area contributed by atoms with Crippen LogP contribution in [0, 0.1) is 5.92 Å². The topological polar surface area (TPSA) is 38.5 Å². The van der Waals surface area contributed by atoms with Gasteiger partial charge in [-0.1, -0.05) is 28.9 Å². The van der Waals surface area contributed by atoms with Crippen molar-refractivity contribution >= 4 is 15.9 Å². The van der Waals surface area contributed by atoms with Crippen molar-refractivity contribution in [1.29, 1.82) is 0 Å². The lowest BCUT2D eigenvalue weighted by Crippen LogP contribution is -2.46. The molecule has 3 nitrogen and oxygen atoms in total. The van der Waals surface area contributed by atoms with Crippen LogP contribution >= 0.6 is 15.9 Å². The van der Waals surface area contributed by atoms with Gasteiger partial charge in [0.2, 0.25) is 0 Å². The normalized spacial score (nSPS) is 25.1. The van der Waals surface area contributed by atoms with Crippen molar-refractivity contribution in [3.05, 3.63) is 28.7 Å². The molecule has 0 aliphatic carbocycles. The maximum Gasteiger partial charge on any atom is 0.120 e. The molecule has 0 saturated carbocycles. The number of likely N-dealkylation sites (tertiary alicyclic amines) is 1. The summed E-state index contributed by atoms with van der Waals surface area (Å²) in [4.78, 5) is 2.44. The molecule has 1 aliphatic rings. The van der Waals surface area contributed by atoms with Crippen LogP contribution in [-0.2, 0) is 0 Å². The third kappa shape index (κ3) is 3.97. The van der Waals surface area contributed by atoms with E-state index in [0.717, 1.165) is 42.9 Å². The lowest BCUT2D eigenvalue weighted by Gasteiger charge is -2.34. The number of piperidine rings is 1. The standard InChI is InChI=1S/C14H21BrN2O/c1-11-10-17(6-5-14(11)16)7-8-18-13-4-2-3-12(15)9-13/h2-4,9,11,14H,5-8,10,16H2,1H3. The number of benzene rings is 1. The first-order chi connectivity index (χ1) is 8.65. The van der Waals surface area contributed by atoms with Gasteiger partial charge in [-0.05, 0) is 37.1 Å². The van der Waals surface area contributed by atoms with E-state index in [1.54, 1.807) is 0 Å². The average molecular weight is 313 g/mol. The van der Waals surface area contributed by atoms with Gasteiger partial charge in [0, 0.05) is 23.6 Å². The second kappa shape index (κ2) is 6.55. The summed E-state index contributed by atoms with van der Waals surface area (Å²) >= 11 is 3.44. The fourth-order valence-electron chi connectivity index (χ4n) is 2.30. The molecule has 1 fully saturated rings. The Hall–Kier alpha value is -0.580. The van der Waals surface area contributed by atoms with E-state index in [1.165, 1.54) is 0 Å². The Kier molecular flexibility index (Phi) is 5.03. The van der Waals surface area contributed by atoms with Gasteiger partial charge in [0.25, 0.3) is 0 Å². The average Bonchev–Trinajstić information content (AvgIpc) is 2.34. The van der Waals surface area contributed by atoms with Gasteiger partial charge in [-0.25, -0.2) is 0 Å². The molecule has 1 aromatic rings. The molecule has 2 N–H and O–H groups in total. The summed E-state index contributed by atoms with van der Waals surface area (Å²) in [5.41, 5.74) is 6.01. The fourth-order valence-corrected chi connectivity index (χ4v) is 2.68. The second-order valence-corrected chi connectivity index (χ2v) is 5.95. The van der Waals surface area contributed by atoms with Crippen LogP contribution in [0.5, 0.6) is 5.75 Å². The molecule has 0 spiro atoms. The Morgan fingerprint density at radius 3 is 3.06 bits per heavy atom. The number of ether oxygens (including phenoxy) is 1. The van der Waals surface area contributed by atoms with Crippen molar-refractivity contribution in [2.24, 2.45) is 11.7 Å². The molecule has 0 radical (unpaired) electrons. The molecular weight excluding hydrogens is 292 g/mol. The number of rotatable bonds is 4. The second-order valence-electron chi connectivity index (χ2n) is 5.04. The first-order valence-electron chi connectivity index (χ1n) is 6.51. The quantitative estimate of drug-likeness (QED) is 0.928. The third-order valence-electron chi connectivity index (χ3n) is 3.53. The molecule has 100 valence electrons. The number of halogens is 1. The lowest BCUT2D eigenvalue weighted by molar-refractivity contribution is 0.140. The predicted molar refractivity (Wildman–Crippen MR) is 77.8 cm³/mol. The summed E-state index contributed by atoms with van der Waals surface area (Å²) in [5.74, 6) is 1.51. The Labute approximate surface area is 117 Å². The lowest BCUT2D eigenvalue weighted by atomic mass is 9.95. The zero-order chi connectivity index (χ0) is 13.0. The van der Waals surface area contributed by atoms with E-state index in [1.807, 2.05) is 24.3 Å². The highest BCUT2D eigenvalue weighted by Gasteiger charge is 2.22. The molecule has 0 bridgehead atoms. The highest BCUT2D eigenvalue weighted by atomic mass is 79.9. The van der Waals surface area contributed by atoms with Gasteiger partial charge in [-0.2, -0.15) is 0 Å². The molecule has 2 unspecified atom stereocenters. The van der Waals surface area contributed by atoms with E-state index in [9.17, 15) is 0 Å². The van der Waals surface area contributed by atoms with E-state index < -0.39 is 0 Å². The molecule has 2 atom stereocenters. The predicted octanol–water partition coefficient (Wildman–Crippen LogP) is 2.50. The van der Waals surface area contributed by atoms with Crippen molar-refractivity contribution in [2.75, 3.05) is 26.2 Å². The van der Waals surface area contributed by atoms with Crippen molar-refractivity contribution < 1.29 is 4.74 Å². The zero-order valence-electron chi connectivity index (χ0n) is 10.8. The van der Waals surface area contributed by atoms with E-state index in [-0.39, 0.29) is 0 Å². The van der Waals surface area contributed by atoms with Gasteiger partial charge >= 0.3 is 0 Å². The molecule has 0 aromatic heterocycles. The van der Waals surface area contributed by atoms with Gasteiger partial charge in [0.1, 0.15) is 12.4 Å². The van der Waals surface area contributed by atoms with Gasteiger partial charge in [0.05, 0.1) is 0 Å². The fraction of sp³-hybridized carbons (Fsp3) is 0.571. The number of nitrogens with two attached hydrogens (primary N) is 1. The van der Waals surface area contributed by atoms with E-state index in [4.69, 9.17) is 10.5 Å². The number of nitrogens with zero attached hydrogens (tertiary/aromatic N) is 1. The summed E-state index contributed by atoms with van der Waals surface area (Å²) in [6.07, 6.45) is 1.10. The summed E-state index contributed by atoms with van der Waals surface area (Å²) in [6, 6.07) is 8.34. The number of hydrogen-bond acceptors (Lipinski definition) is 3. The van der Waals surface area contributed by atoms with Gasteiger partial charge < -0.3 is 10.5 Å². The smallest absolute Gasteiger partial charge is 0.120 e. The van der Waals surface area contributed by atoms with Crippen molar-refractivity contribution in [1.82, 2.24) is 4.90 Å². The Balaban J connectivity index is 1.72. The van der Waals surface area contributed by atoms with Crippen molar-refractivity contribution in [3.8, 4) is 5.75 Å². The SMILES string of the molecule is CC1CN(CCOc2cccc(Br)c2)CCC1N. The van der Waals surface area contributed by atoms with Crippen LogP contribution < -0.4 is 10.5 Å². The Morgan fingerprint density at radius 2 is 2.33 bits per heavy atom. The minimum atomic E-state index is 0.368. The van der Waals surface area contributed by atoms with Gasteiger partial charge in [0.15, 0.2) is 0 Å². The first-order valence-corrected chi connectivity index (χ1v) is 7.31. The molecule has 1 aromatic carbocycles. The zero-order valence-corrected chi connectivity index (χ0v) is 12.4. The molecular formula is C14H21BrN2O. The molecule has 0 amide bonds. The largest absolute Gasteiger partial charge is 0.492 e. The van der Waals surface area contributed by atoms with Crippen molar-refractivity contribution in [2.45, 2.75) is 19.4 Å². The van der Waals surface area contributed by atoms with Crippen molar-refractivity contribution in [3.63, 3.8) is 0 Å². The maximum absolute atomic E-state index is 6.01. The molecule has 2 rings (SSSR count). The molecule has 1 saturated heterocycles. The highest BCUT2D eigenvalue weighted by molar-refractivity contribution is 9.10. The van der Waals surface area contributed by atoms with E-state index in [2.05, 4.69) is 27.8 Å². The Morgan fingerprint density at radius 1 is 1.50 bits per heavy atom. The number of hydrogen-bond donors (Lipinski definition) is 1. The van der Waals surface area contributed by atoms with Gasteiger partial charge in [-0.15, -0.1) is 0 Å². The van der Waals surface area contributed by atoms with Gasteiger partial charge in [-0.3, -0.25) is 4.90 Å². The molecule has 18 heavy (non-hydrogen) atoms. The summed E-state index contributed by atoms with van der Waals surface area (Å²) in [6.45, 7) is 6.12. The molecule has 1 aliphatic heterocycles. The minimum Gasteiger partial charge on any atom is -0.492 e. The monoisotopic (exact) mass is 312 g/mol. The summed E-state index contributed by atoms with van der Waals surface area (Å²) in [5, 5.41) is 0. The van der Waals surface area contributed by atoms with Crippen LogP contribution in [0.15, 0.2) is 28.7 Å². The highest BCUT2D eigenvalue weighted by Crippen LogP contribution is 2.18. The maximum atomic E-state index is 6.01. The Bertz CT molecular complexity index is 386. The van der Waals surface area contributed by atoms with E-state index >= 15 is 0 Å². The van der Waals surface area contributed by atoms with Crippen LogP contribution in [0.2, 0.25) is 0 Å². The van der Waals surface area contributed by atoms with E-state index in [0.29, 0.717) is 12.0 Å². The molecule has 1 heterocycles. The first kappa shape index (κ1) is 13.8. The molecule has 4 heteroatoms. The van der Waals surface area contributed by atoms with Crippen LogP contribution in [0.1, 0.15) is 13.3 Å². The van der Waals surface area contributed by atoms with Crippen LogP contribution in [-0.4, -0.2) is 37.2 Å². The van der Waals surface area contributed by atoms with Crippen LogP contribution in [0.4, 0.5) is 0 Å². The summed E-state index contributed by atoms with van der Waals surface area (Å²) < 4.78 is 6.80. The minimum absolute atomic E-state index is 0.368.